The van der Waals surface area contributed by atoms with Crippen molar-refractivity contribution in [2.24, 2.45) is 5.92 Å². The van der Waals surface area contributed by atoms with Gasteiger partial charge in [0.2, 0.25) is 5.91 Å². The van der Waals surface area contributed by atoms with Crippen molar-refractivity contribution in [3.8, 4) is 0 Å². The first kappa shape index (κ1) is 14.2. The van der Waals surface area contributed by atoms with Gasteiger partial charge in [-0.3, -0.25) is 9.59 Å². The topological polar surface area (TPSA) is 75.4 Å². The summed E-state index contributed by atoms with van der Waals surface area (Å²) in [7, 11) is 0. The molecule has 0 aliphatic carbocycles. The minimum Gasteiger partial charge on any atom is -0.399 e. The highest BCUT2D eigenvalue weighted by molar-refractivity contribution is 6.34. The molecule has 5 nitrogen and oxygen atoms in total. The molecule has 21 heavy (non-hydrogen) atoms. The van der Waals surface area contributed by atoms with Crippen molar-refractivity contribution in [3.05, 3.63) is 28.8 Å². The first-order valence-electron chi connectivity index (χ1n) is 7.18. The molecule has 2 saturated heterocycles. The summed E-state index contributed by atoms with van der Waals surface area (Å²) in [5.41, 5.74) is 6.69. The number of carbonyl (C=O) groups excluding carboxylic acids is 2. The van der Waals surface area contributed by atoms with Crippen LogP contribution in [0.15, 0.2) is 18.2 Å². The van der Waals surface area contributed by atoms with Crippen molar-refractivity contribution in [1.82, 2.24) is 10.2 Å². The molecule has 2 atom stereocenters. The lowest BCUT2D eigenvalue weighted by Crippen LogP contribution is -2.55. The van der Waals surface area contributed by atoms with Crippen molar-refractivity contribution in [3.63, 3.8) is 0 Å². The van der Waals surface area contributed by atoms with Gasteiger partial charge in [0.15, 0.2) is 0 Å². The van der Waals surface area contributed by atoms with Crippen LogP contribution in [0, 0.1) is 5.92 Å². The average Bonchev–Trinajstić information content (AvgIpc) is 2.46. The Morgan fingerprint density at radius 2 is 2.19 bits per heavy atom. The second kappa shape index (κ2) is 5.56. The maximum Gasteiger partial charge on any atom is 0.255 e. The third kappa shape index (κ3) is 2.83. The quantitative estimate of drug-likeness (QED) is 0.775. The number of nitrogens with one attached hydrogen (secondary N) is 1. The Morgan fingerprint density at radius 3 is 2.95 bits per heavy atom. The van der Waals surface area contributed by atoms with Crippen LogP contribution in [-0.2, 0) is 4.79 Å². The lowest BCUT2D eigenvalue weighted by Gasteiger charge is -2.41. The van der Waals surface area contributed by atoms with E-state index >= 15 is 0 Å². The fourth-order valence-electron chi connectivity index (χ4n) is 3.17. The number of hydrogen-bond acceptors (Lipinski definition) is 3. The molecule has 0 saturated carbocycles. The number of benzene rings is 1. The molecule has 112 valence electrons. The molecule has 3 rings (SSSR count). The molecule has 6 heteroatoms. The average molecular weight is 308 g/mol. The SMILES string of the molecule is Nc1ccc(C(=O)N2CCC3NC(=O)CCC3C2)c(Cl)c1. The highest BCUT2D eigenvalue weighted by Gasteiger charge is 2.35. The minimum absolute atomic E-state index is 0.0599. The van der Waals surface area contributed by atoms with Gasteiger partial charge in [-0.1, -0.05) is 11.6 Å². The van der Waals surface area contributed by atoms with Crippen molar-refractivity contribution in [2.75, 3.05) is 18.8 Å². The molecule has 2 unspecified atom stereocenters. The van der Waals surface area contributed by atoms with Gasteiger partial charge in [-0.2, -0.15) is 0 Å². The predicted octanol–water partition coefficient (Wildman–Crippen LogP) is 1.66. The number of rotatable bonds is 1. The fraction of sp³-hybridized carbons (Fsp3) is 0.467. The van der Waals surface area contributed by atoms with Crippen molar-refractivity contribution < 1.29 is 9.59 Å². The van der Waals surface area contributed by atoms with Gasteiger partial charge in [-0.25, -0.2) is 0 Å². The monoisotopic (exact) mass is 307 g/mol. The van der Waals surface area contributed by atoms with Gasteiger partial charge in [0.1, 0.15) is 0 Å². The summed E-state index contributed by atoms with van der Waals surface area (Å²) in [5, 5.41) is 3.40. The smallest absolute Gasteiger partial charge is 0.255 e. The van der Waals surface area contributed by atoms with Crippen LogP contribution in [0.5, 0.6) is 0 Å². The number of nitrogen functional groups attached to an aromatic ring is 1. The molecule has 2 heterocycles. The lowest BCUT2D eigenvalue weighted by atomic mass is 9.85. The number of hydrogen-bond donors (Lipinski definition) is 2. The van der Waals surface area contributed by atoms with Gasteiger partial charge in [0.05, 0.1) is 10.6 Å². The van der Waals surface area contributed by atoms with Crippen LogP contribution in [0.4, 0.5) is 5.69 Å². The van der Waals surface area contributed by atoms with Crippen LogP contribution in [0.25, 0.3) is 0 Å². The fourth-order valence-corrected chi connectivity index (χ4v) is 3.44. The van der Waals surface area contributed by atoms with Crippen LogP contribution in [-0.4, -0.2) is 35.8 Å². The van der Waals surface area contributed by atoms with Crippen LogP contribution >= 0.6 is 11.6 Å². The van der Waals surface area contributed by atoms with Crippen molar-refractivity contribution in [1.29, 1.82) is 0 Å². The largest absolute Gasteiger partial charge is 0.399 e. The normalized spacial score (nSPS) is 25.2. The summed E-state index contributed by atoms with van der Waals surface area (Å²) in [5.74, 6) is 0.404. The minimum atomic E-state index is -0.0599. The number of amides is 2. The standard InChI is InChI=1S/C15H18ClN3O2/c16-12-7-10(17)2-3-11(12)15(21)19-6-5-13-9(8-19)1-4-14(20)18-13/h2-3,7,9,13H,1,4-6,8,17H2,(H,18,20). The number of halogens is 1. The molecule has 1 aromatic carbocycles. The predicted molar refractivity (Wildman–Crippen MR) is 81.0 cm³/mol. The second-order valence-corrected chi connectivity index (χ2v) is 6.16. The number of carbonyl (C=O) groups is 2. The molecule has 2 aliphatic rings. The maximum atomic E-state index is 12.6. The highest BCUT2D eigenvalue weighted by Crippen LogP contribution is 2.28. The van der Waals surface area contributed by atoms with Crippen LogP contribution < -0.4 is 11.1 Å². The lowest BCUT2D eigenvalue weighted by molar-refractivity contribution is -0.125. The van der Waals surface area contributed by atoms with Gasteiger partial charge in [0, 0.05) is 31.2 Å². The Bertz CT molecular complexity index is 590. The number of fused-ring (bicyclic) bond motifs is 1. The summed E-state index contributed by atoms with van der Waals surface area (Å²) in [6.07, 6.45) is 2.19. The third-order valence-corrected chi connectivity index (χ3v) is 4.65. The van der Waals surface area contributed by atoms with E-state index in [1.807, 2.05) is 4.90 Å². The van der Waals surface area contributed by atoms with E-state index < -0.39 is 0 Å². The third-order valence-electron chi connectivity index (χ3n) is 4.33. The van der Waals surface area contributed by atoms with Crippen LogP contribution in [0.3, 0.4) is 0 Å². The van der Waals surface area contributed by atoms with E-state index in [0.717, 1.165) is 12.8 Å². The van der Waals surface area contributed by atoms with Gasteiger partial charge in [-0.15, -0.1) is 0 Å². The van der Waals surface area contributed by atoms with E-state index in [2.05, 4.69) is 5.32 Å². The zero-order chi connectivity index (χ0) is 15.0. The van der Waals surface area contributed by atoms with Gasteiger partial charge >= 0.3 is 0 Å². The van der Waals surface area contributed by atoms with Gasteiger partial charge in [-0.05, 0) is 37.0 Å². The van der Waals surface area contributed by atoms with Gasteiger partial charge < -0.3 is 16.0 Å². The van der Waals surface area contributed by atoms with E-state index in [4.69, 9.17) is 17.3 Å². The molecule has 2 amide bonds. The van der Waals surface area contributed by atoms with Crippen LogP contribution in [0.2, 0.25) is 5.02 Å². The molecule has 0 aromatic heterocycles. The molecule has 1 aromatic rings. The first-order valence-corrected chi connectivity index (χ1v) is 7.56. The molecular weight excluding hydrogens is 290 g/mol. The Kier molecular flexibility index (Phi) is 3.76. The van der Waals surface area contributed by atoms with E-state index in [-0.39, 0.29) is 17.9 Å². The summed E-state index contributed by atoms with van der Waals surface area (Å²) in [6, 6.07) is 5.17. The zero-order valence-corrected chi connectivity index (χ0v) is 12.4. The highest BCUT2D eigenvalue weighted by atomic mass is 35.5. The van der Waals surface area contributed by atoms with E-state index in [0.29, 0.717) is 41.7 Å². The Balaban J connectivity index is 1.73. The number of nitrogens with two attached hydrogens (primary N) is 1. The van der Waals surface area contributed by atoms with Gasteiger partial charge in [0.25, 0.3) is 5.91 Å². The summed E-state index contributed by atoms with van der Waals surface area (Å²) >= 11 is 6.12. The second-order valence-electron chi connectivity index (χ2n) is 5.75. The molecule has 2 fully saturated rings. The molecule has 2 aliphatic heterocycles. The zero-order valence-electron chi connectivity index (χ0n) is 11.6. The van der Waals surface area contributed by atoms with E-state index in [1.54, 1.807) is 18.2 Å². The number of likely N-dealkylation sites (tertiary alicyclic amines) is 1. The summed E-state index contributed by atoms with van der Waals surface area (Å²) in [6.45, 7) is 1.31. The Hall–Kier alpha value is -1.75. The van der Waals surface area contributed by atoms with E-state index in [1.165, 1.54) is 0 Å². The van der Waals surface area contributed by atoms with Crippen molar-refractivity contribution >= 4 is 29.1 Å². The number of nitrogens with zero attached hydrogens (tertiary/aromatic N) is 1. The van der Waals surface area contributed by atoms with Crippen LogP contribution in [0.1, 0.15) is 29.6 Å². The molecular formula is C15H18ClN3O2. The summed E-state index contributed by atoms with van der Waals surface area (Å²) in [4.78, 5) is 25.8. The Labute approximate surface area is 128 Å². The molecule has 0 radical (unpaired) electrons. The number of piperidine rings is 2. The molecule has 3 N–H and O–H groups in total. The molecule has 0 spiro atoms. The summed E-state index contributed by atoms with van der Waals surface area (Å²) < 4.78 is 0. The Morgan fingerprint density at radius 1 is 1.38 bits per heavy atom. The maximum absolute atomic E-state index is 12.6. The first-order chi connectivity index (χ1) is 10.0. The van der Waals surface area contributed by atoms with Crippen molar-refractivity contribution in [2.45, 2.75) is 25.3 Å². The van der Waals surface area contributed by atoms with E-state index in [9.17, 15) is 9.59 Å². The number of anilines is 1. The molecule has 0 bridgehead atoms.